The molecule has 1 aromatic rings. The van der Waals surface area contributed by atoms with Gasteiger partial charge in [0.15, 0.2) is 0 Å². The van der Waals surface area contributed by atoms with Crippen molar-refractivity contribution in [3.8, 4) is 0 Å². The van der Waals surface area contributed by atoms with Crippen LogP contribution >= 0.6 is 0 Å². The fraction of sp³-hybridized carbons (Fsp3) is 0.462. The first-order chi connectivity index (χ1) is 8.58. The summed E-state index contributed by atoms with van der Waals surface area (Å²) < 4.78 is 0. The van der Waals surface area contributed by atoms with Crippen molar-refractivity contribution in [2.75, 3.05) is 24.3 Å². The lowest BCUT2D eigenvalue weighted by molar-refractivity contribution is 0.316. The Morgan fingerprint density at radius 1 is 1.44 bits per heavy atom. The number of anilines is 2. The van der Waals surface area contributed by atoms with Crippen LogP contribution in [0.5, 0.6) is 0 Å². The Balaban J connectivity index is 2.81. The van der Waals surface area contributed by atoms with Gasteiger partial charge in [-0.05, 0) is 18.6 Å². The third kappa shape index (κ3) is 3.84. The highest BCUT2D eigenvalue weighted by Crippen LogP contribution is 2.25. The Hall–Kier alpha value is -1.91. The predicted molar refractivity (Wildman–Crippen MR) is 76.5 cm³/mol. The van der Waals surface area contributed by atoms with Gasteiger partial charge in [-0.1, -0.05) is 24.2 Å². The second-order valence-corrected chi connectivity index (χ2v) is 4.46. The molecule has 0 spiro atoms. The summed E-state index contributed by atoms with van der Waals surface area (Å²) in [5, 5.41) is 15.1. The number of hydrogen-bond acceptors (Lipinski definition) is 4. The molecule has 0 bridgehead atoms. The molecule has 18 heavy (non-hydrogen) atoms. The Labute approximate surface area is 108 Å². The van der Waals surface area contributed by atoms with Gasteiger partial charge < -0.3 is 21.2 Å². The maximum atomic E-state index is 8.62. The average molecular weight is 250 g/mol. The summed E-state index contributed by atoms with van der Waals surface area (Å²) in [7, 11) is 4.01. The fourth-order valence-electron chi connectivity index (χ4n) is 1.80. The Kier molecular flexibility index (Phi) is 5.30. The monoisotopic (exact) mass is 250 g/mol. The number of nitrogens with two attached hydrogens (primary N) is 1. The third-order valence-corrected chi connectivity index (χ3v) is 2.82. The summed E-state index contributed by atoms with van der Waals surface area (Å²) in [6.45, 7) is 2.07. The van der Waals surface area contributed by atoms with Crippen LogP contribution in [0.1, 0.15) is 19.8 Å². The zero-order chi connectivity index (χ0) is 13.5. The summed E-state index contributed by atoms with van der Waals surface area (Å²) in [6, 6.07) is 8.24. The second kappa shape index (κ2) is 6.74. The number of oxime groups is 1. The molecule has 1 aromatic carbocycles. The Morgan fingerprint density at radius 3 is 2.67 bits per heavy atom. The number of rotatable bonds is 6. The van der Waals surface area contributed by atoms with Crippen molar-refractivity contribution in [2.24, 2.45) is 10.9 Å². The quantitative estimate of drug-likeness (QED) is 0.313. The van der Waals surface area contributed by atoms with Gasteiger partial charge >= 0.3 is 0 Å². The smallest absolute Gasteiger partial charge is 0.141 e. The van der Waals surface area contributed by atoms with E-state index in [0.29, 0.717) is 6.42 Å². The molecule has 1 atom stereocenters. The Morgan fingerprint density at radius 2 is 2.11 bits per heavy atom. The zero-order valence-electron chi connectivity index (χ0n) is 11.2. The SMILES string of the molecule is CCC(C/C(N)=N/O)Nc1ccccc1N(C)C. The van der Waals surface area contributed by atoms with Gasteiger partial charge in [0.1, 0.15) is 5.84 Å². The van der Waals surface area contributed by atoms with Crippen molar-refractivity contribution >= 4 is 17.2 Å². The molecule has 0 amide bonds. The van der Waals surface area contributed by atoms with E-state index in [9.17, 15) is 0 Å². The van der Waals surface area contributed by atoms with Crippen molar-refractivity contribution in [3.63, 3.8) is 0 Å². The van der Waals surface area contributed by atoms with Crippen LogP contribution in [-0.4, -0.2) is 31.2 Å². The van der Waals surface area contributed by atoms with Gasteiger partial charge in [0.05, 0.1) is 11.4 Å². The first kappa shape index (κ1) is 14.2. The first-order valence-corrected chi connectivity index (χ1v) is 6.07. The molecule has 4 N–H and O–H groups in total. The van der Waals surface area contributed by atoms with Gasteiger partial charge in [0, 0.05) is 26.6 Å². The van der Waals surface area contributed by atoms with Gasteiger partial charge in [-0.25, -0.2) is 0 Å². The molecule has 1 unspecified atom stereocenters. The van der Waals surface area contributed by atoms with Crippen LogP contribution in [0.15, 0.2) is 29.4 Å². The minimum atomic E-state index is 0.155. The highest BCUT2D eigenvalue weighted by Gasteiger charge is 2.11. The molecular formula is C13H22N4O. The highest BCUT2D eigenvalue weighted by atomic mass is 16.4. The van der Waals surface area contributed by atoms with Crippen LogP contribution in [0.25, 0.3) is 0 Å². The Bertz CT molecular complexity index is 404. The molecule has 0 fully saturated rings. The lowest BCUT2D eigenvalue weighted by Gasteiger charge is -2.23. The minimum absolute atomic E-state index is 0.155. The number of benzene rings is 1. The van der Waals surface area contributed by atoms with Gasteiger partial charge in [-0.15, -0.1) is 0 Å². The largest absolute Gasteiger partial charge is 0.409 e. The van der Waals surface area contributed by atoms with Crippen LogP contribution in [0.4, 0.5) is 11.4 Å². The van der Waals surface area contributed by atoms with Gasteiger partial charge in [-0.3, -0.25) is 0 Å². The number of nitrogens with zero attached hydrogens (tertiary/aromatic N) is 2. The molecule has 0 radical (unpaired) electrons. The van der Waals surface area contributed by atoms with E-state index in [1.165, 1.54) is 0 Å². The summed E-state index contributed by atoms with van der Waals surface area (Å²) in [4.78, 5) is 2.05. The van der Waals surface area contributed by atoms with Gasteiger partial charge in [0.25, 0.3) is 0 Å². The predicted octanol–water partition coefficient (Wildman–Crippen LogP) is 2.08. The van der Waals surface area contributed by atoms with E-state index in [1.807, 2.05) is 32.3 Å². The minimum Gasteiger partial charge on any atom is -0.409 e. The molecule has 0 aromatic heterocycles. The standard InChI is InChI=1S/C13H22N4O/c1-4-10(9-13(14)16-18)15-11-7-5-6-8-12(11)17(2)3/h5-8,10,15,18H,4,9H2,1-3H3,(H2,14,16). The second-order valence-electron chi connectivity index (χ2n) is 4.46. The van der Waals surface area contributed by atoms with E-state index in [2.05, 4.69) is 28.4 Å². The summed E-state index contributed by atoms with van der Waals surface area (Å²) in [6.07, 6.45) is 1.42. The molecule has 0 aliphatic carbocycles. The van der Waals surface area contributed by atoms with E-state index in [0.717, 1.165) is 17.8 Å². The molecule has 0 saturated heterocycles. The molecule has 1 rings (SSSR count). The van der Waals surface area contributed by atoms with Crippen LogP contribution in [-0.2, 0) is 0 Å². The maximum Gasteiger partial charge on any atom is 0.141 e. The van der Waals surface area contributed by atoms with E-state index >= 15 is 0 Å². The van der Waals surface area contributed by atoms with E-state index < -0.39 is 0 Å². The van der Waals surface area contributed by atoms with E-state index in [1.54, 1.807) is 0 Å². The van der Waals surface area contributed by atoms with Crippen LogP contribution in [0.2, 0.25) is 0 Å². The van der Waals surface area contributed by atoms with Crippen LogP contribution in [0, 0.1) is 0 Å². The maximum absolute atomic E-state index is 8.62. The van der Waals surface area contributed by atoms with E-state index in [-0.39, 0.29) is 11.9 Å². The normalized spacial score (nSPS) is 13.2. The molecule has 5 nitrogen and oxygen atoms in total. The van der Waals surface area contributed by atoms with Crippen molar-refractivity contribution < 1.29 is 5.21 Å². The third-order valence-electron chi connectivity index (χ3n) is 2.82. The van der Waals surface area contributed by atoms with Crippen molar-refractivity contribution in [2.45, 2.75) is 25.8 Å². The molecule has 100 valence electrons. The number of para-hydroxylation sites is 2. The van der Waals surface area contributed by atoms with Crippen molar-refractivity contribution in [3.05, 3.63) is 24.3 Å². The first-order valence-electron chi connectivity index (χ1n) is 6.07. The average Bonchev–Trinajstić information content (AvgIpc) is 2.38. The molecule has 0 heterocycles. The van der Waals surface area contributed by atoms with E-state index in [4.69, 9.17) is 10.9 Å². The molecule has 0 saturated carbocycles. The lowest BCUT2D eigenvalue weighted by Crippen LogP contribution is -2.27. The lowest BCUT2D eigenvalue weighted by atomic mass is 10.1. The topological polar surface area (TPSA) is 73.9 Å². The van der Waals surface area contributed by atoms with Gasteiger partial charge in [0.2, 0.25) is 0 Å². The number of nitrogens with one attached hydrogen (secondary N) is 1. The zero-order valence-corrected chi connectivity index (χ0v) is 11.2. The molecular weight excluding hydrogens is 228 g/mol. The van der Waals surface area contributed by atoms with Crippen molar-refractivity contribution in [1.82, 2.24) is 0 Å². The molecule has 0 aliphatic heterocycles. The summed E-state index contributed by atoms with van der Waals surface area (Å²) in [5.41, 5.74) is 7.73. The van der Waals surface area contributed by atoms with Crippen LogP contribution < -0.4 is 16.0 Å². The fourth-order valence-corrected chi connectivity index (χ4v) is 1.80. The van der Waals surface area contributed by atoms with Gasteiger partial charge in [-0.2, -0.15) is 0 Å². The highest BCUT2D eigenvalue weighted by molar-refractivity contribution is 5.81. The summed E-state index contributed by atoms with van der Waals surface area (Å²) in [5.74, 6) is 0.247. The summed E-state index contributed by atoms with van der Waals surface area (Å²) >= 11 is 0. The van der Waals surface area contributed by atoms with Crippen molar-refractivity contribution in [1.29, 1.82) is 0 Å². The molecule has 5 heteroatoms. The number of amidine groups is 1. The number of hydrogen-bond donors (Lipinski definition) is 3. The van der Waals surface area contributed by atoms with Crippen LogP contribution in [0.3, 0.4) is 0 Å². The molecule has 0 aliphatic rings.